The van der Waals surface area contributed by atoms with Gasteiger partial charge in [-0.2, -0.15) is 5.10 Å². The van der Waals surface area contributed by atoms with E-state index in [2.05, 4.69) is 5.10 Å². The van der Waals surface area contributed by atoms with E-state index >= 15 is 0 Å². The van der Waals surface area contributed by atoms with Gasteiger partial charge in [-0.15, -0.1) is 0 Å². The van der Waals surface area contributed by atoms with Gasteiger partial charge >= 0.3 is 6.09 Å². The quantitative estimate of drug-likeness (QED) is 0.936. The van der Waals surface area contributed by atoms with Crippen LogP contribution in [0.15, 0.2) is 30.3 Å². The molecule has 1 aromatic carbocycles. The van der Waals surface area contributed by atoms with Crippen molar-refractivity contribution in [1.82, 2.24) is 14.7 Å². The molecular formula is C16H18ClN3O3. The predicted octanol–water partition coefficient (Wildman–Crippen LogP) is 2.72. The van der Waals surface area contributed by atoms with E-state index in [4.69, 9.17) is 21.4 Å². The number of benzene rings is 1. The van der Waals surface area contributed by atoms with Crippen LogP contribution in [0.4, 0.5) is 4.79 Å². The van der Waals surface area contributed by atoms with Crippen LogP contribution in [0, 0.1) is 0 Å². The highest BCUT2D eigenvalue weighted by atomic mass is 35.5. The van der Waals surface area contributed by atoms with Crippen molar-refractivity contribution in [1.29, 1.82) is 0 Å². The second kappa shape index (κ2) is 6.60. The minimum absolute atomic E-state index is 0.312. The molecule has 1 unspecified atom stereocenters. The molecule has 1 aromatic heterocycles. The Morgan fingerprint density at radius 2 is 2.17 bits per heavy atom. The summed E-state index contributed by atoms with van der Waals surface area (Å²) in [6.45, 7) is 1.10. The van der Waals surface area contributed by atoms with Crippen LogP contribution in [0.2, 0.25) is 5.02 Å². The third-order valence-electron chi connectivity index (χ3n) is 3.96. The third-order valence-corrected chi connectivity index (χ3v) is 4.21. The van der Waals surface area contributed by atoms with Gasteiger partial charge in [0.1, 0.15) is 6.10 Å². The first kappa shape index (κ1) is 15.8. The average Bonchev–Trinajstić information content (AvgIpc) is 2.91. The zero-order valence-corrected chi connectivity index (χ0v) is 13.5. The zero-order valence-electron chi connectivity index (χ0n) is 12.8. The number of carboxylic acid groups (broad SMARTS) is 1. The van der Waals surface area contributed by atoms with Crippen molar-refractivity contribution in [3.8, 4) is 0 Å². The number of aromatic nitrogens is 2. The first-order valence-electron chi connectivity index (χ1n) is 7.39. The summed E-state index contributed by atoms with van der Waals surface area (Å²) < 4.78 is 7.49. The van der Waals surface area contributed by atoms with Crippen LogP contribution in [0.1, 0.15) is 23.1 Å². The lowest BCUT2D eigenvalue weighted by Gasteiger charge is -2.29. The standard InChI is InChI=1S/C16H18ClN3O3/c1-19-13(8-11-2-4-12(17)5-3-11)9-14(18-19)15-10-20(16(21)22)6-7-23-15/h2-5,9,15H,6-8,10H2,1H3,(H,21,22). The molecule has 122 valence electrons. The Kier molecular flexibility index (Phi) is 4.54. The summed E-state index contributed by atoms with van der Waals surface area (Å²) in [7, 11) is 1.88. The van der Waals surface area contributed by atoms with Gasteiger partial charge in [0.2, 0.25) is 0 Å². The lowest BCUT2D eigenvalue weighted by molar-refractivity contribution is -0.0254. The molecule has 7 heteroatoms. The van der Waals surface area contributed by atoms with E-state index in [1.165, 1.54) is 4.90 Å². The number of amides is 1. The molecular weight excluding hydrogens is 318 g/mol. The predicted molar refractivity (Wildman–Crippen MR) is 85.8 cm³/mol. The lowest BCUT2D eigenvalue weighted by atomic mass is 10.1. The maximum Gasteiger partial charge on any atom is 0.407 e. The number of halogens is 1. The number of ether oxygens (including phenoxy) is 1. The third kappa shape index (κ3) is 3.65. The molecule has 1 amide bonds. The molecule has 2 heterocycles. The maximum absolute atomic E-state index is 11.1. The fraction of sp³-hybridized carbons (Fsp3) is 0.375. The fourth-order valence-corrected chi connectivity index (χ4v) is 2.79. The van der Waals surface area contributed by atoms with Gasteiger partial charge in [-0.05, 0) is 23.8 Å². The molecule has 6 nitrogen and oxygen atoms in total. The molecule has 1 aliphatic rings. The summed E-state index contributed by atoms with van der Waals surface area (Å²) in [5.41, 5.74) is 2.95. The average molecular weight is 336 g/mol. The first-order chi connectivity index (χ1) is 11.0. The molecule has 2 aromatic rings. The second-order valence-corrected chi connectivity index (χ2v) is 6.01. The van der Waals surface area contributed by atoms with Crippen molar-refractivity contribution in [2.45, 2.75) is 12.5 Å². The molecule has 1 atom stereocenters. The summed E-state index contributed by atoms with van der Waals surface area (Å²) in [5.74, 6) is 0. The molecule has 1 aliphatic heterocycles. The summed E-state index contributed by atoms with van der Waals surface area (Å²) in [5, 5.41) is 14.3. The largest absolute Gasteiger partial charge is 0.465 e. The van der Waals surface area contributed by atoms with Gasteiger partial charge < -0.3 is 14.7 Å². The van der Waals surface area contributed by atoms with Crippen LogP contribution >= 0.6 is 11.6 Å². The van der Waals surface area contributed by atoms with Crippen molar-refractivity contribution >= 4 is 17.7 Å². The van der Waals surface area contributed by atoms with Crippen molar-refractivity contribution < 1.29 is 14.6 Å². The van der Waals surface area contributed by atoms with Crippen molar-refractivity contribution in [3.05, 3.63) is 52.3 Å². The number of hydrogen-bond acceptors (Lipinski definition) is 3. The minimum Gasteiger partial charge on any atom is -0.465 e. The molecule has 0 radical (unpaired) electrons. The number of carbonyl (C=O) groups is 1. The van der Waals surface area contributed by atoms with Gasteiger partial charge in [-0.25, -0.2) is 4.79 Å². The Balaban J connectivity index is 1.75. The van der Waals surface area contributed by atoms with E-state index in [9.17, 15) is 4.79 Å². The lowest BCUT2D eigenvalue weighted by Crippen LogP contribution is -2.41. The molecule has 0 bridgehead atoms. The zero-order chi connectivity index (χ0) is 16.4. The number of morpholine rings is 1. The van der Waals surface area contributed by atoms with E-state index < -0.39 is 6.09 Å². The highest BCUT2D eigenvalue weighted by Crippen LogP contribution is 2.23. The molecule has 0 spiro atoms. The monoisotopic (exact) mass is 335 g/mol. The van der Waals surface area contributed by atoms with Crippen LogP contribution in [0.3, 0.4) is 0 Å². The van der Waals surface area contributed by atoms with Crippen molar-refractivity contribution in [2.24, 2.45) is 7.05 Å². The van der Waals surface area contributed by atoms with Gasteiger partial charge in [-0.3, -0.25) is 4.68 Å². The fourth-order valence-electron chi connectivity index (χ4n) is 2.67. The van der Waals surface area contributed by atoms with Crippen LogP contribution in [-0.2, 0) is 18.2 Å². The van der Waals surface area contributed by atoms with E-state index in [1.807, 2.05) is 42.1 Å². The number of aryl methyl sites for hydroxylation is 1. The van der Waals surface area contributed by atoms with Gasteiger partial charge in [-0.1, -0.05) is 23.7 Å². The molecule has 3 rings (SSSR count). The maximum atomic E-state index is 11.1. The highest BCUT2D eigenvalue weighted by Gasteiger charge is 2.27. The van der Waals surface area contributed by atoms with Gasteiger partial charge in [0.15, 0.2) is 0 Å². The normalized spacial score (nSPS) is 18.2. The molecule has 0 saturated carbocycles. The highest BCUT2D eigenvalue weighted by molar-refractivity contribution is 6.30. The smallest absolute Gasteiger partial charge is 0.407 e. The van der Waals surface area contributed by atoms with Crippen molar-refractivity contribution in [2.75, 3.05) is 19.7 Å². The Hall–Kier alpha value is -2.05. The van der Waals surface area contributed by atoms with Crippen LogP contribution in [0.5, 0.6) is 0 Å². The number of hydrogen-bond donors (Lipinski definition) is 1. The molecule has 1 saturated heterocycles. The Morgan fingerprint density at radius 3 is 2.87 bits per heavy atom. The van der Waals surface area contributed by atoms with E-state index in [0.29, 0.717) is 24.7 Å². The molecule has 0 aliphatic carbocycles. The molecule has 1 fully saturated rings. The van der Waals surface area contributed by atoms with Crippen LogP contribution < -0.4 is 0 Å². The summed E-state index contributed by atoms with van der Waals surface area (Å²) in [6.07, 6.45) is -0.503. The van der Waals surface area contributed by atoms with Crippen molar-refractivity contribution in [3.63, 3.8) is 0 Å². The van der Waals surface area contributed by atoms with Gasteiger partial charge in [0, 0.05) is 30.7 Å². The Morgan fingerprint density at radius 1 is 1.43 bits per heavy atom. The van der Waals surface area contributed by atoms with E-state index in [0.717, 1.165) is 23.4 Å². The molecule has 1 N–H and O–H groups in total. The molecule has 23 heavy (non-hydrogen) atoms. The number of rotatable bonds is 3. The van der Waals surface area contributed by atoms with Crippen LogP contribution in [-0.4, -0.2) is 45.6 Å². The van der Waals surface area contributed by atoms with E-state index in [1.54, 1.807) is 0 Å². The topological polar surface area (TPSA) is 67.6 Å². The minimum atomic E-state index is -0.921. The first-order valence-corrected chi connectivity index (χ1v) is 7.77. The second-order valence-electron chi connectivity index (χ2n) is 5.58. The summed E-state index contributed by atoms with van der Waals surface area (Å²) in [4.78, 5) is 12.5. The van der Waals surface area contributed by atoms with Gasteiger partial charge in [0.05, 0.1) is 18.8 Å². The Bertz CT molecular complexity index is 699. The SMILES string of the molecule is Cn1nc(C2CN(C(=O)O)CCO2)cc1Cc1ccc(Cl)cc1. The van der Waals surface area contributed by atoms with Crippen LogP contribution in [0.25, 0.3) is 0 Å². The Labute approximate surface area is 139 Å². The van der Waals surface area contributed by atoms with Gasteiger partial charge in [0.25, 0.3) is 0 Å². The van der Waals surface area contributed by atoms with E-state index in [-0.39, 0.29) is 6.10 Å². The summed E-state index contributed by atoms with van der Waals surface area (Å²) in [6, 6.07) is 9.67. The number of nitrogens with zero attached hydrogens (tertiary/aromatic N) is 3. The summed E-state index contributed by atoms with van der Waals surface area (Å²) >= 11 is 5.90.